The van der Waals surface area contributed by atoms with Crippen LogP contribution in [0.1, 0.15) is 28.9 Å². The molecule has 0 aromatic carbocycles. The van der Waals surface area contributed by atoms with Crippen molar-refractivity contribution >= 4 is 23.1 Å². The Hall–Kier alpha value is -1.95. The fourth-order valence-electron chi connectivity index (χ4n) is 3.14. The Balaban J connectivity index is 1.69. The SMILES string of the molecule is CN(C)c1nccnc1C[C@H]1CCCN(C(=O)c2ccsc2)C1. The molecule has 23 heavy (non-hydrogen) atoms. The molecule has 6 heteroatoms. The van der Waals surface area contributed by atoms with Gasteiger partial charge in [-0.05, 0) is 36.6 Å². The van der Waals surface area contributed by atoms with E-state index in [1.165, 1.54) is 0 Å². The van der Waals surface area contributed by atoms with Gasteiger partial charge in [-0.2, -0.15) is 11.3 Å². The summed E-state index contributed by atoms with van der Waals surface area (Å²) >= 11 is 1.57. The van der Waals surface area contributed by atoms with Crippen molar-refractivity contribution in [3.63, 3.8) is 0 Å². The lowest BCUT2D eigenvalue weighted by Gasteiger charge is -2.33. The summed E-state index contributed by atoms with van der Waals surface area (Å²) in [7, 11) is 3.97. The van der Waals surface area contributed by atoms with Crippen LogP contribution in [0.5, 0.6) is 0 Å². The lowest BCUT2D eigenvalue weighted by Crippen LogP contribution is -2.40. The Kier molecular flexibility index (Phi) is 4.91. The average Bonchev–Trinajstić information content (AvgIpc) is 3.09. The van der Waals surface area contributed by atoms with Crippen molar-refractivity contribution in [2.24, 2.45) is 5.92 Å². The molecule has 122 valence electrons. The molecule has 0 unspecified atom stereocenters. The molecule has 0 radical (unpaired) electrons. The summed E-state index contributed by atoms with van der Waals surface area (Å²) in [5, 5.41) is 3.89. The van der Waals surface area contributed by atoms with E-state index in [9.17, 15) is 4.79 Å². The standard InChI is InChI=1S/C17H22N4OS/c1-20(2)16-15(18-6-7-19-16)10-13-4-3-8-21(11-13)17(22)14-5-9-23-12-14/h5-7,9,12-13H,3-4,8,10-11H2,1-2H3/t13-/m1/s1. The van der Waals surface area contributed by atoms with E-state index >= 15 is 0 Å². The minimum atomic E-state index is 0.155. The van der Waals surface area contributed by atoms with E-state index < -0.39 is 0 Å². The molecule has 0 bridgehead atoms. The van der Waals surface area contributed by atoms with Gasteiger partial charge in [-0.3, -0.25) is 9.78 Å². The predicted octanol–water partition coefficient (Wildman–Crippen LogP) is 2.70. The van der Waals surface area contributed by atoms with Gasteiger partial charge in [-0.15, -0.1) is 0 Å². The molecule has 0 N–H and O–H groups in total. The van der Waals surface area contributed by atoms with E-state index in [1.807, 2.05) is 40.7 Å². The number of anilines is 1. The fourth-order valence-corrected chi connectivity index (χ4v) is 3.77. The van der Waals surface area contributed by atoms with Gasteiger partial charge in [0.05, 0.1) is 11.3 Å². The van der Waals surface area contributed by atoms with E-state index in [4.69, 9.17) is 0 Å². The number of rotatable bonds is 4. The molecule has 2 aromatic heterocycles. The Morgan fingerprint density at radius 2 is 2.22 bits per heavy atom. The van der Waals surface area contributed by atoms with E-state index in [0.29, 0.717) is 5.92 Å². The van der Waals surface area contributed by atoms with Crippen LogP contribution in [-0.2, 0) is 6.42 Å². The van der Waals surface area contributed by atoms with Crippen molar-refractivity contribution in [2.45, 2.75) is 19.3 Å². The molecule has 0 aliphatic carbocycles. The lowest BCUT2D eigenvalue weighted by molar-refractivity contribution is 0.0673. The molecule has 1 amide bonds. The number of hydrogen-bond acceptors (Lipinski definition) is 5. The second-order valence-electron chi connectivity index (χ2n) is 6.20. The quantitative estimate of drug-likeness (QED) is 0.865. The minimum absolute atomic E-state index is 0.155. The second-order valence-corrected chi connectivity index (χ2v) is 6.98. The minimum Gasteiger partial charge on any atom is -0.361 e. The van der Waals surface area contributed by atoms with Crippen molar-refractivity contribution in [1.82, 2.24) is 14.9 Å². The smallest absolute Gasteiger partial charge is 0.254 e. The zero-order chi connectivity index (χ0) is 16.2. The highest BCUT2D eigenvalue weighted by Gasteiger charge is 2.26. The zero-order valence-corrected chi connectivity index (χ0v) is 14.4. The molecule has 0 spiro atoms. The van der Waals surface area contributed by atoms with Crippen LogP contribution in [0.3, 0.4) is 0 Å². The maximum absolute atomic E-state index is 12.5. The zero-order valence-electron chi connectivity index (χ0n) is 13.6. The molecular formula is C17H22N4OS. The summed E-state index contributed by atoms with van der Waals surface area (Å²) in [6, 6.07) is 1.91. The number of carbonyl (C=O) groups is 1. The molecule has 3 heterocycles. The van der Waals surface area contributed by atoms with Gasteiger partial charge in [0.2, 0.25) is 0 Å². The first kappa shape index (κ1) is 15.9. The Morgan fingerprint density at radius 1 is 1.39 bits per heavy atom. The van der Waals surface area contributed by atoms with Gasteiger partial charge in [0.15, 0.2) is 0 Å². The third kappa shape index (κ3) is 3.69. The van der Waals surface area contributed by atoms with E-state index in [2.05, 4.69) is 9.97 Å². The first-order valence-corrected chi connectivity index (χ1v) is 8.88. The molecule has 1 aliphatic rings. The first-order valence-electron chi connectivity index (χ1n) is 7.94. The summed E-state index contributed by atoms with van der Waals surface area (Å²) in [4.78, 5) is 25.4. The first-order chi connectivity index (χ1) is 11.1. The highest BCUT2D eigenvalue weighted by Crippen LogP contribution is 2.24. The fraction of sp³-hybridized carbons (Fsp3) is 0.471. The van der Waals surface area contributed by atoms with Crippen LogP contribution in [-0.4, -0.2) is 48.0 Å². The van der Waals surface area contributed by atoms with Crippen LogP contribution in [0.25, 0.3) is 0 Å². The van der Waals surface area contributed by atoms with Crippen molar-refractivity contribution < 1.29 is 4.79 Å². The number of nitrogens with zero attached hydrogens (tertiary/aromatic N) is 4. The van der Waals surface area contributed by atoms with Crippen LogP contribution in [0.15, 0.2) is 29.2 Å². The van der Waals surface area contributed by atoms with Crippen LogP contribution in [0, 0.1) is 5.92 Å². The van der Waals surface area contributed by atoms with Crippen LogP contribution in [0.4, 0.5) is 5.82 Å². The summed E-state index contributed by atoms with van der Waals surface area (Å²) < 4.78 is 0. The second kappa shape index (κ2) is 7.08. The topological polar surface area (TPSA) is 49.3 Å². The molecule has 1 aliphatic heterocycles. The molecule has 5 nitrogen and oxygen atoms in total. The number of likely N-dealkylation sites (tertiary alicyclic amines) is 1. The number of amides is 1. The monoisotopic (exact) mass is 330 g/mol. The number of thiophene rings is 1. The Bertz CT molecular complexity index is 656. The van der Waals surface area contributed by atoms with E-state index in [0.717, 1.165) is 49.4 Å². The number of carbonyl (C=O) groups excluding carboxylic acids is 1. The van der Waals surface area contributed by atoms with Gasteiger partial charge >= 0.3 is 0 Å². The number of piperidine rings is 1. The number of aromatic nitrogens is 2. The summed E-state index contributed by atoms with van der Waals surface area (Å²) in [6.45, 7) is 1.66. The van der Waals surface area contributed by atoms with Gasteiger partial charge in [0, 0.05) is 45.0 Å². The highest BCUT2D eigenvalue weighted by molar-refractivity contribution is 7.08. The largest absolute Gasteiger partial charge is 0.361 e. The van der Waals surface area contributed by atoms with Gasteiger partial charge in [0.1, 0.15) is 5.82 Å². The molecule has 1 atom stereocenters. The normalized spacial score (nSPS) is 18.0. The Morgan fingerprint density at radius 3 is 2.96 bits per heavy atom. The third-order valence-electron chi connectivity index (χ3n) is 4.23. The number of hydrogen-bond donors (Lipinski definition) is 0. The van der Waals surface area contributed by atoms with Crippen molar-refractivity contribution in [2.75, 3.05) is 32.1 Å². The molecular weight excluding hydrogens is 308 g/mol. The van der Waals surface area contributed by atoms with Crippen LogP contribution >= 0.6 is 11.3 Å². The maximum Gasteiger partial charge on any atom is 0.254 e. The molecule has 1 fully saturated rings. The molecule has 1 saturated heterocycles. The molecule has 0 saturated carbocycles. The van der Waals surface area contributed by atoms with Crippen LogP contribution < -0.4 is 4.90 Å². The maximum atomic E-state index is 12.5. The van der Waals surface area contributed by atoms with Crippen molar-refractivity contribution in [3.05, 3.63) is 40.5 Å². The van der Waals surface area contributed by atoms with E-state index in [1.54, 1.807) is 23.7 Å². The van der Waals surface area contributed by atoms with Gasteiger partial charge in [0.25, 0.3) is 5.91 Å². The summed E-state index contributed by atoms with van der Waals surface area (Å²) in [5.74, 6) is 1.53. The van der Waals surface area contributed by atoms with Crippen molar-refractivity contribution in [1.29, 1.82) is 0 Å². The summed E-state index contributed by atoms with van der Waals surface area (Å²) in [5.41, 5.74) is 1.83. The molecule has 2 aromatic rings. The molecule has 3 rings (SSSR count). The predicted molar refractivity (Wildman–Crippen MR) is 93.0 cm³/mol. The van der Waals surface area contributed by atoms with E-state index in [-0.39, 0.29) is 5.91 Å². The lowest BCUT2D eigenvalue weighted by atomic mass is 9.93. The average molecular weight is 330 g/mol. The third-order valence-corrected chi connectivity index (χ3v) is 4.92. The van der Waals surface area contributed by atoms with Crippen LogP contribution in [0.2, 0.25) is 0 Å². The van der Waals surface area contributed by atoms with Gasteiger partial charge in [-0.1, -0.05) is 0 Å². The highest BCUT2D eigenvalue weighted by atomic mass is 32.1. The van der Waals surface area contributed by atoms with Gasteiger partial charge in [-0.25, -0.2) is 4.98 Å². The van der Waals surface area contributed by atoms with Crippen molar-refractivity contribution in [3.8, 4) is 0 Å². The summed E-state index contributed by atoms with van der Waals surface area (Å²) in [6.07, 6.45) is 6.54. The Labute approximate surface area is 141 Å². The van der Waals surface area contributed by atoms with Gasteiger partial charge < -0.3 is 9.80 Å².